The molecule has 0 bridgehead atoms. The Kier molecular flexibility index (Phi) is 2.04. The fourth-order valence-electron chi connectivity index (χ4n) is 1.31. The van der Waals surface area contributed by atoms with Crippen LogP contribution in [0.5, 0.6) is 5.75 Å². The Morgan fingerprint density at radius 2 is 2.21 bits per heavy atom. The molecule has 1 N–H and O–H groups in total. The van der Waals surface area contributed by atoms with Crippen molar-refractivity contribution < 1.29 is 9.94 Å². The second-order valence-electron chi connectivity index (χ2n) is 3.39. The molecule has 1 heterocycles. The first kappa shape index (κ1) is 8.87. The van der Waals surface area contributed by atoms with Gasteiger partial charge in [0.15, 0.2) is 5.52 Å². The van der Waals surface area contributed by atoms with Crippen molar-refractivity contribution in [2.75, 3.05) is 0 Å². The van der Waals surface area contributed by atoms with Gasteiger partial charge in [0.1, 0.15) is 11.9 Å². The topological polar surface area (TPSA) is 47.3 Å². The zero-order valence-corrected chi connectivity index (χ0v) is 8.14. The van der Waals surface area contributed by atoms with Crippen LogP contribution in [0.1, 0.15) is 13.8 Å². The summed E-state index contributed by atoms with van der Waals surface area (Å²) in [5.41, 5.74) is 0.612. The average Bonchev–Trinajstić information content (AvgIpc) is 2.49. The summed E-state index contributed by atoms with van der Waals surface area (Å²) in [5, 5.41) is 14.5. The highest BCUT2D eigenvalue weighted by Gasteiger charge is 2.08. The molecule has 0 saturated carbocycles. The van der Waals surface area contributed by atoms with Crippen molar-refractivity contribution in [2.45, 2.75) is 20.0 Å². The molecule has 0 atom stereocenters. The first-order chi connectivity index (χ1) is 6.68. The molecule has 4 heteroatoms. The summed E-state index contributed by atoms with van der Waals surface area (Å²) in [6, 6.07) is 5.27. The van der Waals surface area contributed by atoms with Gasteiger partial charge >= 0.3 is 0 Å². The van der Waals surface area contributed by atoms with Gasteiger partial charge in [-0.15, -0.1) is 5.10 Å². The van der Waals surface area contributed by atoms with E-state index in [1.165, 1.54) is 4.85 Å². The lowest BCUT2D eigenvalue weighted by Gasteiger charge is -2.09. The summed E-state index contributed by atoms with van der Waals surface area (Å²) in [7, 11) is 0. The normalized spacial score (nSPS) is 11.1. The second kappa shape index (κ2) is 3.21. The number of aromatic hydroxyl groups is 1. The van der Waals surface area contributed by atoms with Crippen LogP contribution in [-0.2, 0) is 0 Å². The molecular formula is C10H12N2O2. The second-order valence-corrected chi connectivity index (χ2v) is 3.39. The molecular weight excluding hydrogens is 180 g/mol. The van der Waals surface area contributed by atoms with Gasteiger partial charge in [0.2, 0.25) is 0 Å². The molecule has 0 amide bonds. The van der Waals surface area contributed by atoms with Crippen molar-refractivity contribution in [1.82, 2.24) is 9.94 Å². The van der Waals surface area contributed by atoms with Gasteiger partial charge in [0.05, 0.1) is 6.20 Å². The smallest absolute Gasteiger partial charge is 0.151 e. The summed E-state index contributed by atoms with van der Waals surface area (Å²) >= 11 is 0. The number of nitrogens with zero attached hydrogens (tertiary/aromatic N) is 2. The minimum Gasteiger partial charge on any atom is -0.506 e. The average molecular weight is 192 g/mol. The van der Waals surface area contributed by atoms with Crippen LogP contribution in [0.15, 0.2) is 24.4 Å². The number of para-hydroxylation sites is 1. The molecule has 0 saturated heterocycles. The largest absolute Gasteiger partial charge is 0.506 e. The van der Waals surface area contributed by atoms with Crippen molar-refractivity contribution in [3.8, 4) is 5.75 Å². The van der Waals surface area contributed by atoms with Gasteiger partial charge in [0, 0.05) is 5.39 Å². The predicted molar refractivity (Wildman–Crippen MR) is 53.1 cm³/mol. The fraction of sp³-hybridized carbons (Fsp3) is 0.300. The van der Waals surface area contributed by atoms with Gasteiger partial charge in [-0.25, -0.2) is 0 Å². The molecule has 0 aliphatic carbocycles. The highest BCUT2D eigenvalue weighted by atomic mass is 16.7. The van der Waals surface area contributed by atoms with Crippen LogP contribution in [0.2, 0.25) is 0 Å². The summed E-state index contributed by atoms with van der Waals surface area (Å²) < 4.78 is 0. The molecule has 0 unspecified atom stereocenters. The third-order valence-corrected chi connectivity index (χ3v) is 1.85. The van der Waals surface area contributed by atoms with E-state index in [1.54, 1.807) is 18.3 Å². The Morgan fingerprint density at radius 3 is 2.93 bits per heavy atom. The van der Waals surface area contributed by atoms with Crippen molar-refractivity contribution in [2.24, 2.45) is 0 Å². The van der Waals surface area contributed by atoms with Gasteiger partial charge in [-0.3, -0.25) is 0 Å². The van der Waals surface area contributed by atoms with Gasteiger partial charge in [-0.2, -0.15) is 0 Å². The molecule has 0 aliphatic heterocycles. The number of fused-ring (bicyclic) bond motifs is 1. The highest BCUT2D eigenvalue weighted by molar-refractivity contribution is 5.83. The maximum atomic E-state index is 9.61. The SMILES string of the molecule is CC(C)On1ncc2cccc(O)c21. The van der Waals surface area contributed by atoms with Crippen LogP contribution in [0.25, 0.3) is 10.9 Å². The molecule has 0 spiro atoms. The van der Waals surface area contributed by atoms with Crippen molar-refractivity contribution >= 4 is 10.9 Å². The zero-order chi connectivity index (χ0) is 10.1. The molecule has 0 radical (unpaired) electrons. The van der Waals surface area contributed by atoms with Gasteiger partial charge in [-0.1, -0.05) is 17.0 Å². The quantitative estimate of drug-likeness (QED) is 0.785. The highest BCUT2D eigenvalue weighted by Crippen LogP contribution is 2.23. The van der Waals surface area contributed by atoms with Gasteiger partial charge in [0.25, 0.3) is 0 Å². The molecule has 0 fully saturated rings. The monoisotopic (exact) mass is 192 g/mol. The molecule has 74 valence electrons. The van der Waals surface area contributed by atoms with Crippen molar-refractivity contribution in [3.63, 3.8) is 0 Å². The minimum atomic E-state index is 0.0257. The fourth-order valence-corrected chi connectivity index (χ4v) is 1.31. The van der Waals surface area contributed by atoms with Crippen LogP contribution in [0.4, 0.5) is 0 Å². The number of hydrogen-bond donors (Lipinski definition) is 1. The molecule has 1 aromatic heterocycles. The Labute approximate surface area is 81.7 Å². The minimum absolute atomic E-state index is 0.0257. The van der Waals surface area contributed by atoms with Gasteiger partial charge < -0.3 is 9.94 Å². The van der Waals surface area contributed by atoms with E-state index in [0.717, 1.165) is 5.39 Å². The predicted octanol–water partition coefficient (Wildman–Crippen LogP) is 1.58. The van der Waals surface area contributed by atoms with E-state index in [-0.39, 0.29) is 11.9 Å². The number of rotatable bonds is 2. The molecule has 2 aromatic rings. The number of aromatic nitrogens is 2. The Morgan fingerprint density at radius 1 is 1.43 bits per heavy atom. The van der Waals surface area contributed by atoms with E-state index >= 15 is 0 Å². The lowest BCUT2D eigenvalue weighted by Crippen LogP contribution is -2.19. The lowest BCUT2D eigenvalue weighted by atomic mass is 10.2. The third kappa shape index (κ3) is 1.39. The first-order valence-electron chi connectivity index (χ1n) is 4.51. The van der Waals surface area contributed by atoms with Gasteiger partial charge in [-0.05, 0) is 19.9 Å². The molecule has 4 nitrogen and oxygen atoms in total. The van der Waals surface area contributed by atoms with Crippen molar-refractivity contribution in [1.29, 1.82) is 0 Å². The summed E-state index contributed by atoms with van der Waals surface area (Å²) in [6.07, 6.45) is 1.69. The van der Waals surface area contributed by atoms with Crippen LogP contribution >= 0.6 is 0 Å². The molecule has 1 aromatic carbocycles. The van der Waals surface area contributed by atoms with Crippen LogP contribution in [-0.4, -0.2) is 21.2 Å². The van der Waals surface area contributed by atoms with E-state index in [0.29, 0.717) is 5.52 Å². The van der Waals surface area contributed by atoms with Crippen molar-refractivity contribution in [3.05, 3.63) is 24.4 Å². The standard InChI is InChI=1S/C10H12N2O2/c1-7(2)14-12-10-8(6-11-12)4-3-5-9(10)13/h3-7,13H,1-2H3. The number of phenols is 1. The number of phenolic OH excluding ortho intramolecular Hbond substituents is 1. The lowest BCUT2D eigenvalue weighted by molar-refractivity contribution is 0.0439. The number of hydrogen-bond acceptors (Lipinski definition) is 3. The third-order valence-electron chi connectivity index (χ3n) is 1.85. The zero-order valence-electron chi connectivity index (χ0n) is 8.14. The van der Waals surface area contributed by atoms with E-state index in [9.17, 15) is 5.11 Å². The Balaban J connectivity index is 2.55. The van der Waals surface area contributed by atoms with Crippen LogP contribution in [0, 0.1) is 0 Å². The van der Waals surface area contributed by atoms with E-state index < -0.39 is 0 Å². The summed E-state index contributed by atoms with van der Waals surface area (Å²) in [6.45, 7) is 3.82. The molecule has 2 rings (SSSR count). The Hall–Kier alpha value is -1.71. The maximum absolute atomic E-state index is 9.61. The molecule has 14 heavy (non-hydrogen) atoms. The first-order valence-corrected chi connectivity index (χ1v) is 4.51. The maximum Gasteiger partial charge on any atom is 0.151 e. The Bertz CT molecular complexity index is 448. The summed E-state index contributed by atoms with van der Waals surface area (Å²) in [4.78, 5) is 6.75. The van der Waals surface area contributed by atoms with Crippen LogP contribution in [0.3, 0.4) is 0 Å². The van der Waals surface area contributed by atoms with Crippen LogP contribution < -0.4 is 4.84 Å². The van der Waals surface area contributed by atoms with E-state index in [1.807, 2.05) is 19.9 Å². The van der Waals surface area contributed by atoms with E-state index in [2.05, 4.69) is 5.10 Å². The molecule has 0 aliphatic rings. The number of benzene rings is 1. The van der Waals surface area contributed by atoms with E-state index in [4.69, 9.17) is 4.84 Å². The summed E-state index contributed by atoms with van der Waals surface area (Å²) in [5.74, 6) is 0.181.